The van der Waals surface area contributed by atoms with E-state index in [4.69, 9.17) is 10.8 Å². The van der Waals surface area contributed by atoms with E-state index >= 15 is 0 Å². The van der Waals surface area contributed by atoms with Crippen LogP contribution in [0.5, 0.6) is 0 Å². The molecule has 0 aliphatic rings. The molecular formula is C9H18FNO. The topological polar surface area (TPSA) is 46.2 Å². The molecule has 0 heterocycles. The third kappa shape index (κ3) is 6.31. The second-order valence-corrected chi connectivity index (χ2v) is 3.38. The van der Waals surface area contributed by atoms with Gasteiger partial charge in [0.25, 0.3) is 0 Å². The number of halogens is 1. The van der Waals surface area contributed by atoms with Gasteiger partial charge in [0.2, 0.25) is 0 Å². The Morgan fingerprint density at radius 1 is 1.67 bits per heavy atom. The summed E-state index contributed by atoms with van der Waals surface area (Å²) in [5.41, 5.74) is 4.13. The number of hydrogen-bond acceptors (Lipinski definition) is 2. The molecule has 0 rings (SSSR count). The van der Waals surface area contributed by atoms with E-state index in [0.29, 0.717) is 6.42 Å². The van der Waals surface area contributed by atoms with Gasteiger partial charge in [-0.25, -0.2) is 4.39 Å². The van der Waals surface area contributed by atoms with Gasteiger partial charge in [-0.3, -0.25) is 0 Å². The molecule has 2 unspecified atom stereocenters. The summed E-state index contributed by atoms with van der Waals surface area (Å²) in [5, 5.41) is 8.52. The van der Waals surface area contributed by atoms with Crippen LogP contribution in [-0.2, 0) is 0 Å². The summed E-state index contributed by atoms with van der Waals surface area (Å²) in [6.45, 7) is 3.20. The summed E-state index contributed by atoms with van der Waals surface area (Å²) < 4.78 is 13.3. The molecule has 72 valence electrons. The molecule has 0 amide bonds. The Bertz CT molecular complexity index is 143. The van der Waals surface area contributed by atoms with Crippen molar-refractivity contribution in [2.45, 2.75) is 38.4 Å². The molecule has 0 bridgehead atoms. The van der Waals surface area contributed by atoms with Crippen molar-refractivity contribution in [3.63, 3.8) is 0 Å². The van der Waals surface area contributed by atoms with Gasteiger partial charge < -0.3 is 10.8 Å². The Hall–Kier alpha value is -0.410. The maximum Gasteiger partial charge on any atom is 0.113 e. The fourth-order valence-electron chi connectivity index (χ4n) is 0.864. The molecule has 0 aromatic rings. The Kier molecular flexibility index (Phi) is 5.09. The number of allylic oxidation sites excluding steroid dienone is 1. The van der Waals surface area contributed by atoms with E-state index in [1.165, 1.54) is 6.92 Å². The summed E-state index contributed by atoms with van der Waals surface area (Å²) in [6.07, 6.45) is 3.97. The number of aliphatic hydroxyl groups is 1. The summed E-state index contributed by atoms with van der Waals surface area (Å²) >= 11 is 0. The van der Waals surface area contributed by atoms with Gasteiger partial charge in [-0.2, -0.15) is 0 Å². The van der Waals surface area contributed by atoms with Crippen molar-refractivity contribution < 1.29 is 9.50 Å². The summed E-state index contributed by atoms with van der Waals surface area (Å²) in [6, 6.07) is -0.0325. The van der Waals surface area contributed by atoms with Crippen LogP contribution in [0.15, 0.2) is 12.2 Å². The van der Waals surface area contributed by atoms with E-state index in [1.54, 1.807) is 12.2 Å². The lowest BCUT2D eigenvalue weighted by molar-refractivity contribution is 0.136. The van der Waals surface area contributed by atoms with Crippen LogP contribution < -0.4 is 5.73 Å². The molecule has 0 aliphatic heterocycles. The first-order valence-electron chi connectivity index (χ1n) is 4.20. The molecule has 0 saturated heterocycles. The molecule has 3 N–H and O–H groups in total. The van der Waals surface area contributed by atoms with Gasteiger partial charge in [0.05, 0.1) is 0 Å². The van der Waals surface area contributed by atoms with Gasteiger partial charge in [-0.15, -0.1) is 0 Å². The van der Waals surface area contributed by atoms with E-state index in [9.17, 15) is 4.39 Å². The highest BCUT2D eigenvalue weighted by molar-refractivity contribution is 4.93. The van der Waals surface area contributed by atoms with E-state index in [2.05, 4.69) is 0 Å². The average molecular weight is 175 g/mol. The molecule has 0 spiro atoms. The molecule has 3 heteroatoms. The van der Waals surface area contributed by atoms with Crippen LogP contribution in [0.2, 0.25) is 0 Å². The lowest BCUT2D eigenvalue weighted by Gasteiger charge is -2.16. The maximum atomic E-state index is 13.3. The van der Waals surface area contributed by atoms with E-state index < -0.39 is 5.67 Å². The third-order valence-corrected chi connectivity index (χ3v) is 1.62. The highest BCUT2D eigenvalue weighted by atomic mass is 19.1. The minimum absolute atomic E-state index is 0.0325. The molecule has 12 heavy (non-hydrogen) atoms. The number of aliphatic hydroxyl groups excluding tert-OH is 1. The van der Waals surface area contributed by atoms with E-state index in [1.807, 2.05) is 6.92 Å². The zero-order chi connectivity index (χ0) is 9.61. The molecule has 0 saturated carbocycles. The zero-order valence-electron chi connectivity index (χ0n) is 7.76. The van der Waals surface area contributed by atoms with E-state index in [-0.39, 0.29) is 19.1 Å². The first-order chi connectivity index (χ1) is 5.48. The number of alkyl halides is 1. The summed E-state index contributed by atoms with van der Waals surface area (Å²) in [5.74, 6) is 0. The average Bonchev–Trinajstić information content (AvgIpc) is 1.85. The van der Waals surface area contributed by atoms with Gasteiger partial charge in [0, 0.05) is 19.1 Å². The largest absolute Gasteiger partial charge is 0.396 e. The summed E-state index contributed by atoms with van der Waals surface area (Å²) in [7, 11) is 0. The minimum atomic E-state index is -1.31. The highest BCUT2D eigenvalue weighted by Gasteiger charge is 2.19. The van der Waals surface area contributed by atoms with Crippen LogP contribution in [0, 0.1) is 0 Å². The van der Waals surface area contributed by atoms with Crippen LogP contribution in [0.1, 0.15) is 26.7 Å². The van der Waals surface area contributed by atoms with Gasteiger partial charge in [0.1, 0.15) is 5.67 Å². The molecule has 0 aliphatic carbocycles. The van der Waals surface area contributed by atoms with Crippen LogP contribution >= 0.6 is 0 Å². The lowest BCUT2D eigenvalue weighted by Crippen LogP contribution is -2.19. The molecule has 0 aromatic carbocycles. The Morgan fingerprint density at radius 3 is 2.67 bits per heavy atom. The second kappa shape index (κ2) is 5.27. The van der Waals surface area contributed by atoms with Crippen molar-refractivity contribution in [3.05, 3.63) is 12.2 Å². The Morgan fingerprint density at radius 2 is 2.25 bits per heavy atom. The van der Waals surface area contributed by atoms with Crippen LogP contribution in [-0.4, -0.2) is 23.4 Å². The molecule has 0 aromatic heterocycles. The van der Waals surface area contributed by atoms with Crippen LogP contribution in [0.25, 0.3) is 0 Å². The predicted molar refractivity (Wildman–Crippen MR) is 48.6 cm³/mol. The van der Waals surface area contributed by atoms with Crippen LogP contribution in [0.3, 0.4) is 0 Å². The van der Waals surface area contributed by atoms with Gasteiger partial charge in [-0.05, 0) is 20.3 Å². The van der Waals surface area contributed by atoms with Crippen molar-refractivity contribution in [2.24, 2.45) is 5.73 Å². The monoisotopic (exact) mass is 175 g/mol. The lowest BCUT2D eigenvalue weighted by atomic mass is 10.0. The van der Waals surface area contributed by atoms with E-state index in [0.717, 1.165) is 0 Å². The van der Waals surface area contributed by atoms with Crippen LogP contribution in [0.4, 0.5) is 4.39 Å². The molecule has 2 atom stereocenters. The quantitative estimate of drug-likeness (QED) is 0.620. The van der Waals surface area contributed by atoms with Crippen molar-refractivity contribution in [1.82, 2.24) is 0 Å². The zero-order valence-corrected chi connectivity index (χ0v) is 7.76. The first kappa shape index (κ1) is 11.6. The van der Waals surface area contributed by atoms with Gasteiger partial charge >= 0.3 is 0 Å². The van der Waals surface area contributed by atoms with Crippen molar-refractivity contribution in [1.29, 1.82) is 0 Å². The van der Waals surface area contributed by atoms with Gasteiger partial charge in [0.15, 0.2) is 0 Å². The number of rotatable bonds is 5. The third-order valence-electron chi connectivity index (χ3n) is 1.62. The predicted octanol–water partition coefficient (Wildman–Crippen LogP) is 1.39. The normalized spacial score (nSPS) is 19.4. The Labute approximate surface area is 73.3 Å². The minimum Gasteiger partial charge on any atom is -0.396 e. The molecule has 0 fully saturated rings. The molecule has 0 radical (unpaired) electrons. The van der Waals surface area contributed by atoms with Crippen molar-refractivity contribution >= 4 is 0 Å². The molecule has 2 nitrogen and oxygen atoms in total. The molecular weight excluding hydrogens is 157 g/mol. The summed E-state index contributed by atoms with van der Waals surface area (Å²) in [4.78, 5) is 0. The number of nitrogens with two attached hydrogens (primary N) is 1. The maximum absolute atomic E-state index is 13.3. The Balaban J connectivity index is 3.74. The second-order valence-electron chi connectivity index (χ2n) is 3.38. The SMILES string of the molecule is CC(N)/C=C\CC(C)(F)CCO. The van der Waals surface area contributed by atoms with Crippen molar-refractivity contribution in [3.8, 4) is 0 Å². The fourth-order valence-corrected chi connectivity index (χ4v) is 0.864. The smallest absolute Gasteiger partial charge is 0.113 e. The fraction of sp³-hybridized carbons (Fsp3) is 0.778. The number of hydrogen-bond donors (Lipinski definition) is 2. The van der Waals surface area contributed by atoms with Crippen molar-refractivity contribution in [2.75, 3.05) is 6.61 Å². The van der Waals surface area contributed by atoms with Gasteiger partial charge in [-0.1, -0.05) is 12.2 Å². The first-order valence-corrected chi connectivity index (χ1v) is 4.20. The highest BCUT2D eigenvalue weighted by Crippen LogP contribution is 2.19. The standard InChI is InChI=1S/C9H18FNO/c1-8(11)4-3-5-9(2,10)6-7-12/h3-4,8,12H,5-7,11H2,1-2H3/b4-3-.